The Morgan fingerprint density at radius 2 is 1.61 bits per heavy atom. The van der Waals surface area contributed by atoms with Gasteiger partial charge in [0.25, 0.3) is 5.91 Å². The molecule has 0 atom stereocenters. The van der Waals surface area contributed by atoms with Crippen molar-refractivity contribution in [1.82, 2.24) is 19.8 Å². The number of amides is 1. The van der Waals surface area contributed by atoms with Gasteiger partial charge < -0.3 is 9.80 Å². The van der Waals surface area contributed by atoms with Crippen molar-refractivity contribution in [3.63, 3.8) is 0 Å². The van der Waals surface area contributed by atoms with Crippen molar-refractivity contribution in [2.24, 2.45) is 0 Å². The van der Waals surface area contributed by atoms with Crippen LogP contribution >= 0.6 is 0 Å². The third-order valence-electron chi connectivity index (χ3n) is 5.79. The molecule has 2 aromatic rings. The highest BCUT2D eigenvalue weighted by molar-refractivity contribution is 5.94. The number of carbonyl (C=O) groups is 1. The molecule has 0 unspecified atom stereocenters. The molecule has 28 heavy (non-hydrogen) atoms. The van der Waals surface area contributed by atoms with Gasteiger partial charge in [-0.25, -0.2) is 9.97 Å². The summed E-state index contributed by atoms with van der Waals surface area (Å²) in [7, 11) is 0. The summed E-state index contributed by atoms with van der Waals surface area (Å²) in [6.45, 7) is 9.95. The van der Waals surface area contributed by atoms with Crippen molar-refractivity contribution in [1.29, 1.82) is 0 Å². The molecule has 1 aromatic heterocycles. The van der Waals surface area contributed by atoms with E-state index in [9.17, 15) is 4.79 Å². The standard InChI is InChI=1S/C22H29N5O/c1-17(2)25-13-15-26(16-14-25)21(28)19-7-5-18(6-8-19)20-9-10-23-22(24-20)27-11-3-4-12-27/h5-10,17H,3-4,11-16H2,1-2H3. The average molecular weight is 380 g/mol. The van der Waals surface area contributed by atoms with Gasteiger partial charge >= 0.3 is 0 Å². The van der Waals surface area contributed by atoms with Gasteiger partial charge in [-0.2, -0.15) is 0 Å². The summed E-state index contributed by atoms with van der Waals surface area (Å²) in [6.07, 6.45) is 4.23. The fourth-order valence-electron chi connectivity index (χ4n) is 3.99. The molecule has 0 N–H and O–H groups in total. The van der Waals surface area contributed by atoms with E-state index < -0.39 is 0 Å². The minimum atomic E-state index is 0.121. The fourth-order valence-corrected chi connectivity index (χ4v) is 3.99. The zero-order valence-electron chi connectivity index (χ0n) is 16.8. The molecule has 0 spiro atoms. The number of nitrogens with zero attached hydrogens (tertiary/aromatic N) is 5. The highest BCUT2D eigenvalue weighted by atomic mass is 16.2. The van der Waals surface area contributed by atoms with Crippen molar-refractivity contribution in [3.8, 4) is 11.3 Å². The first-order valence-electron chi connectivity index (χ1n) is 10.3. The Hall–Kier alpha value is -2.47. The molecule has 1 aromatic carbocycles. The predicted octanol–water partition coefficient (Wildman–Crippen LogP) is 2.91. The summed E-state index contributed by atoms with van der Waals surface area (Å²) in [5.74, 6) is 0.925. The Morgan fingerprint density at radius 3 is 2.25 bits per heavy atom. The molecule has 2 aliphatic heterocycles. The van der Waals surface area contributed by atoms with Gasteiger partial charge in [0, 0.05) is 62.6 Å². The van der Waals surface area contributed by atoms with Crippen LogP contribution in [0.2, 0.25) is 0 Å². The van der Waals surface area contributed by atoms with Crippen LogP contribution in [0.25, 0.3) is 11.3 Å². The van der Waals surface area contributed by atoms with Crippen LogP contribution in [0.1, 0.15) is 37.0 Å². The summed E-state index contributed by atoms with van der Waals surface area (Å²) in [6, 6.07) is 10.3. The molecular weight excluding hydrogens is 350 g/mol. The summed E-state index contributed by atoms with van der Waals surface area (Å²) >= 11 is 0. The minimum absolute atomic E-state index is 0.121. The number of hydrogen-bond acceptors (Lipinski definition) is 5. The highest BCUT2D eigenvalue weighted by Gasteiger charge is 2.23. The van der Waals surface area contributed by atoms with Crippen molar-refractivity contribution < 1.29 is 4.79 Å². The number of hydrogen-bond donors (Lipinski definition) is 0. The lowest BCUT2D eigenvalue weighted by molar-refractivity contribution is 0.0595. The van der Waals surface area contributed by atoms with Gasteiger partial charge in [0.1, 0.15) is 0 Å². The first-order valence-corrected chi connectivity index (χ1v) is 10.3. The van der Waals surface area contributed by atoms with E-state index in [4.69, 9.17) is 4.98 Å². The number of piperazine rings is 1. The van der Waals surface area contributed by atoms with Crippen LogP contribution in [-0.2, 0) is 0 Å². The van der Waals surface area contributed by atoms with Gasteiger partial charge in [0.15, 0.2) is 0 Å². The molecule has 6 heteroatoms. The molecule has 0 aliphatic carbocycles. The smallest absolute Gasteiger partial charge is 0.253 e. The minimum Gasteiger partial charge on any atom is -0.341 e. The van der Waals surface area contributed by atoms with Crippen molar-refractivity contribution >= 4 is 11.9 Å². The number of carbonyl (C=O) groups excluding carboxylic acids is 1. The first kappa shape index (κ1) is 18.9. The molecule has 4 rings (SSSR count). The second kappa shape index (κ2) is 8.27. The Morgan fingerprint density at radius 1 is 0.929 bits per heavy atom. The molecular formula is C22H29N5O. The zero-order chi connectivity index (χ0) is 19.5. The largest absolute Gasteiger partial charge is 0.341 e. The Bertz CT molecular complexity index is 806. The lowest BCUT2D eigenvalue weighted by Crippen LogP contribution is -2.50. The maximum absolute atomic E-state index is 12.8. The van der Waals surface area contributed by atoms with E-state index in [1.54, 1.807) is 0 Å². The lowest BCUT2D eigenvalue weighted by Gasteiger charge is -2.37. The maximum atomic E-state index is 12.8. The summed E-state index contributed by atoms with van der Waals surface area (Å²) in [4.78, 5) is 28.6. The van der Waals surface area contributed by atoms with E-state index in [1.165, 1.54) is 12.8 Å². The number of rotatable bonds is 4. The summed E-state index contributed by atoms with van der Waals surface area (Å²) < 4.78 is 0. The van der Waals surface area contributed by atoms with E-state index >= 15 is 0 Å². The molecule has 2 fully saturated rings. The van der Waals surface area contributed by atoms with Crippen LogP contribution < -0.4 is 4.90 Å². The first-order chi connectivity index (χ1) is 13.6. The molecule has 0 radical (unpaired) electrons. The van der Waals surface area contributed by atoms with Gasteiger partial charge in [0.2, 0.25) is 5.95 Å². The quantitative estimate of drug-likeness (QED) is 0.818. The van der Waals surface area contributed by atoms with Gasteiger partial charge in [-0.1, -0.05) is 12.1 Å². The number of aromatic nitrogens is 2. The van der Waals surface area contributed by atoms with Crippen LogP contribution in [0.5, 0.6) is 0 Å². The molecule has 0 saturated carbocycles. The van der Waals surface area contributed by atoms with Gasteiger partial charge in [-0.3, -0.25) is 9.69 Å². The van der Waals surface area contributed by atoms with Crippen LogP contribution in [0, 0.1) is 0 Å². The molecule has 3 heterocycles. The molecule has 0 bridgehead atoms. The van der Waals surface area contributed by atoms with E-state index in [-0.39, 0.29) is 5.91 Å². The molecule has 148 valence electrons. The Balaban J connectivity index is 1.44. The van der Waals surface area contributed by atoms with Crippen molar-refractivity contribution in [2.45, 2.75) is 32.7 Å². The molecule has 2 saturated heterocycles. The molecule has 1 amide bonds. The Labute approximate surface area is 167 Å². The normalized spacial score (nSPS) is 18.1. The lowest BCUT2D eigenvalue weighted by atomic mass is 10.1. The zero-order valence-corrected chi connectivity index (χ0v) is 16.8. The SMILES string of the molecule is CC(C)N1CCN(C(=O)c2ccc(-c3ccnc(N4CCCC4)n3)cc2)CC1. The summed E-state index contributed by atoms with van der Waals surface area (Å²) in [5.41, 5.74) is 2.67. The molecule has 6 nitrogen and oxygen atoms in total. The van der Waals surface area contributed by atoms with Crippen molar-refractivity contribution in [3.05, 3.63) is 42.1 Å². The van der Waals surface area contributed by atoms with Gasteiger partial charge in [-0.05, 0) is 44.9 Å². The van der Waals surface area contributed by atoms with Crippen LogP contribution in [0.4, 0.5) is 5.95 Å². The monoisotopic (exact) mass is 379 g/mol. The maximum Gasteiger partial charge on any atom is 0.253 e. The van der Waals surface area contributed by atoms with Gasteiger partial charge in [-0.15, -0.1) is 0 Å². The predicted molar refractivity (Wildman–Crippen MR) is 112 cm³/mol. The average Bonchev–Trinajstić information content (AvgIpc) is 3.28. The Kier molecular flexibility index (Phi) is 5.57. The van der Waals surface area contributed by atoms with E-state index in [2.05, 4.69) is 28.6 Å². The van der Waals surface area contributed by atoms with Crippen LogP contribution in [-0.4, -0.2) is 71.0 Å². The number of benzene rings is 1. The topological polar surface area (TPSA) is 52.6 Å². The highest BCUT2D eigenvalue weighted by Crippen LogP contribution is 2.22. The van der Waals surface area contributed by atoms with Crippen LogP contribution in [0.15, 0.2) is 36.5 Å². The van der Waals surface area contributed by atoms with E-state index in [0.717, 1.165) is 62.0 Å². The van der Waals surface area contributed by atoms with Crippen molar-refractivity contribution in [2.75, 3.05) is 44.2 Å². The number of anilines is 1. The third-order valence-corrected chi connectivity index (χ3v) is 5.79. The second-order valence-corrected chi connectivity index (χ2v) is 7.94. The second-order valence-electron chi connectivity index (χ2n) is 7.94. The van der Waals surface area contributed by atoms with E-state index in [0.29, 0.717) is 6.04 Å². The van der Waals surface area contributed by atoms with E-state index in [1.807, 2.05) is 41.4 Å². The third kappa shape index (κ3) is 4.02. The van der Waals surface area contributed by atoms with Gasteiger partial charge in [0.05, 0.1) is 5.69 Å². The fraction of sp³-hybridized carbons (Fsp3) is 0.500. The summed E-state index contributed by atoms with van der Waals surface area (Å²) in [5, 5.41) is 0. The molecule has 2 aliphatic rings. The van der Waals surface area contributed by atoms with Crippen LogP contribution in [0.3, 0.4) is 0 Å².